The Morgan fingerprint density at radius 2 is 0.857 bits per heavy atom. The van der Waals surface area contributed by atoms with Crippen molar-refractivity contribution in [3.63, 3.8) is 0 Å². The lowest BCUT2D eigenvalue weighted by Crippen LogP contribution is -2.38. The second kappa shape index (κ2) is 33.8. The minimum Gasteiger partial charge on any atom is -0.478 e. The number of carbonyl (C=O) groups is 6. The molecule has 0 unspecified atom stereocenters. The summed E-state index contributed by atoms with van der Waals surface area (Å²) in [7, 11) is 4.14. The highest BCUT2D eigenvalue weighted by Gasteiger charge is 2.30. The lowest BCUT2D eigenvalue weighted by Gasteiger charge is -2.27. The van der Waals surface area contributed by atoms with Crippen molar-refractivity contribution in [3.05, 3.63) is 180 Å². The number of halogens is 2. The topological polar surface area (TPSA) is 212 Å². The van der Waals surface area contributed by atoms with Gasteiger partial charge in [-0.2, -0.15) is 0 Å². The summed E-state index contributed by atoms with van der Waals surface area (Å²) in [4.78, 5) is 75.7. The van der Waals surface area contributed by atoms with Gasteiger partial charge in [0.2, 0.25) is 0 Å². The number of morpholine rings is 3. The Hall–Kier alpha value is -7.80. The molecule has 3 saturated heterocycles. The molecule has 518 valence electrons. The van der Waals surface area contributed by atoms with Crippen LogP contribution < -0.4 is 0 Å². The molecule has 0 amide bonds. The molecule has 20 nitrogen and oxygen atoms in total. The van der Waals surface area contributed by atoms with Crippen molar-refractivity contribution in [2.75, 3.05) is 126 Å². The van der Waals surface area contributed by atoms with Gasteiger partial charge < -0.3 is 52.0 Å². The summed E-state index contributed by atoms with van der Waals surface area (Å²) < 4.78 is 44.6. The number of carboxylic acid groups (broad SMARTS) is 1. The first kappa shape index (κ1) is 71.5. The van der Waals surface area contributed by atoms with Gasteiger partial charge in [-0.15, -0.1) is 0 Å². The standard InChI is InChI=1S/C20H26N2O3.C18H22N2O3.C16H19BrN2O3.C11H9BrO2.C11H10O3/c1-2-25-20(23)16-5-6-18-17(13-16)14-19(15-3-4-15)22(18)8-7-21-9-11-24-12-10-21;21-18(22)14-3-4-16-15(11-14)12-17(13-1-2-13)20(16)6-5-19-7-9-23-10-8-19;1-21-16(20)12-2-3-14-13(10-12)11-15(17)19(14)5-4-18-6-8-22-9-7-18;2*1-14-11(13)8-3-2-7-5-10(12)6-9(7)4-8/h5-6,13-15H,2-4,7-12H2,1H3;3-4,11-13H,1-2,5-10H2,(H,21,22);2-3,10-11H,4-9H2,1H3;2-4,6H,5H2,1H3;2-4H,5-6H2,1H3. The van der Waals surface area contributed by atoms with Crippen LogP contribution in [0.1, 0.15) is 130 Å². The molecule has 1 N–H and O–H groups in total. The summed E-state index contributed by atoms with van der Waals surface area (Å²) in [6, 6.07) is 34.5. The number of hydrogen-bond acceptors (Lipinski definition) is 16. The van der Waals surface area contributed by atoms with Gasteiger partial charge in [0.05, 0.1) is 100.0 Å². The molecule has 2 saturated carbocycles. The number of ether oxygens (including phenoxy) is 7. The maximum absolute atomic E-state index is 12.0. The van der Waals surface area contributed by atoms with E-state index in [-0.39, 0.29) is 29.7 Å². The first-order chi connectivity index (χ1) is 47.6. The van der Waals surface area contributed by atoms with E-state index in [1.54, 1.807) is 30.3 Å². The van der Waals surface area contributed by atoms with Crippen LogP contribution in [0.2, 0.25) is 0 Å². The molecule has 7 aliphatic rings. The number of nitrogens with zero attached hydrogens (tertiary/aromatic N) is 6. The molecule has 3 aromatic heterocycles. The number of methoxy groups -OCH3 is 3. The third-order valence-corrected chi connectivity index (χ3v) is 19.9. The van der Waals surface area contributed by atoms with E-state index in [4.69, 9.17) is 23.7 Å². The van der Waals surface area contributed by atoms with Crippen LogP contribution in [0.15, 0.2) is 118 Å². The molecule has 22 heteroatoms. The van der Waals surface area contributed by atoms with Crippen molar-refractivity contribution in [1.82, 2.24) is 28.4 Å². The van der Waals surface area contributed by atoms with Gasteiger partial charge in [-0.25, -0.2) is 24.0 Å². The fraction of sp³-hybridized carbons (Fsp3) is 0.421. The predicted molar refractivity (Wildman–Crippen MR) is 382 cm³/mol. The average Bonchev–Trinajstić information content (AvgIpc) is 1.62. The Kier molecular flexibility index (Phi) is 24.7. The summed E-state index contributed by atoms with van der Waals surface area (Å²) in [5.41, 5.74) is 13.3. The summed E-state index contributed by atoms with van der Waals surface area (Å²) in [5, 5.41) is 12.4. The fourth-order valence-electron chi connectivity index (χ4n) is 13.1. The van der Waals surface area contributed by atoms with Crippen LogP contribution in [0.25, 0.3) is 38.8 Å². The van der Waals surface area contributed by atoms with Crippen molar-refractivity contribution < 1.29 is 67.0 Å². The van der Waals surface area contributed by atoms with Crippen molar-refractivity contribution in [3.8, 4) is 0 Å². The normalized spacial score (nSPS) is 16.8. The number of fused-ring (bicyclic) bond motifs is 5. The average molecular weight is 1470 g/mol. The van der Waals surface area contributed by atoms with Crippen LogP contribution in [0.4, 0.5) is 0 Å². The molecule has 3 aliphatic heterocycles. The van der Waals surface area contributed by atoms with E-state index < -0.39 is 5.97 Å². The van der Waals surface area contributed by atoms with E-state index in [2.05, 4.69) is 87.9 Å². The van der Waals surface area contributed by atoms with E-state index >= 15 is 0 Å². The molecule has 0 spiro atoms. The van der Waals surface area contributed by atoms with Crippen LogP contribution in [0, 0.1) is 0 Å². The molecule has 0 bridgehead atoms. The lowest BCUT2D eigenvalue weighted by atomic mass is 10.1. The van der Waals surface area contributed by atoms with Crippen molar-refractivity contribution in [2.45, 2.75) is 83.3 Å². The van der Waals surface area contributed by atoms with Gasteiger partial charge in [0.15, 0.2) is 0 Å². The Bertz CT molecular complexity index is 4220. The summed E-state index contributed by atoms with van der Waals surface area (Å²) in [6.45, 7) is 19.1. The third kappa shape index (κ3) is 18.3. The molecule has 6 heterocycles. The Morgan fingerprint density at radius 3 is 1.33 bits per heavy atom. The lowest BCUT2D eigenvalue weighted by molar-refractivity contribution is -0.117. The van der Waals surface area contributed by atoms with E-state index in [1.165, 1.54) is 69.5 Å². The Morgan fingerprint density at radius 1 is 0.459 bits per heavy atom. The number of benzene rings is 5. The molecule has 0 radical (unpaired) electrons. The zero-order valence-corrected chi connectivity index (χ0v) is 59.4. The highest BCUT2D eigenvalue weighted by atomic mass is 79.9. The van der Waals surface area contributed by atoms with Gasteiger partial charge in [0.1, 0.15) is 5.78 Å². The van der Waals surface area contributed by atoms with E-state index in [0.29, 0.717) is 59.1 Å². The van der Waals surface area contributed by atoms with Gasteiger partial charge in [-0.3, -0.25) is 19.5 Å². The van der Waals surface area contributed by atoms with Crippen LogP contribution in [-0.2, 0) is 76.8 Å². The molecule has 5 fully saturated rings. The molecule has 15 rings (SSSR count). The summed E-state index contributed by atoms with van der Waals surface area (Å²) in [5.74, 6) is -0.500. The number of carboxylic acids is 1. The molecule has 8 aromatic rings. The minimum atomic E-state index is -0.860. The third-order valence-electron chi connectivity index (χ3n) is 18.8. The zero-order valence-electron chi connectivity index (χ0n) is 56.2. The Labute approximate surface area is 587 Å². The van der Waals surface area contributed by atoms with Gasteiger partial charge in [-0.1, -0.05) is 28.1 Å². The summed E-state index contributed by atoms with van der Waals surface area (Å²) >= 11 is 7.06. The van der Waals surface area contributed by atoms with Gasteiger partial charge >= 0.3 is 29.8 Å². The van der Waals surface area contributed by atoms with Crippen LogP contribution in [0.3, 0.4) is 0 Å². The van der Waals surface area contributed by atoms with Crippen molar-refractivity contribution in [2.24, 2.45) is 0 Å². The minimum absolute atomic E-state index is 0.210. The van der Waals surface area contributed by atoms with Gasteiger partial charge in [0.25, 0.3) is 0 Å². The first-order valence-corrected chi connectivity index (χ1v) is 35.4. The number of aromatic nitrogens is 3. The summed E-state index contributed by atoms with van der Waals surface area (Å²) in [6.07, 6.45) is 8.94. The maximum atomic E-state index is 12.0. The number of carbonyl (C=O) groups excluding carboxylic acids is 5. The van der Waals surface area contributed by atoms with Crippen LogP contribution in [-0.4, -0.2) is 196 Å². The quantitative estimate of drug-likeness (QED) is 0.0663. The SMILES string of the molecule is CCOC(=O)c1ccc2c(c1)cc(C1CC1)n2CCN1CCOCC1.COC(=O)c1ccc2c(c1)C=C(Br)C2.COC(=O)c1ccc2c(c1)CC(=O)C2.COC(=O)c1ccc2c(c1)cc(Br)n2CCN1CCOCC1.O=C(O)c1ccc2c(c1)cc(C1CC1)n2CCN1CCOCC1. The maximum Gasteiger partial charge on any atom is 0.338 e. The predicted octanol–water partition coefficient (Wildman–Crippen LogP) is 12.0. The monoisotopic (exact) mass is 1460 g/mol. The molecule has 4 aliphatic carbocycles. The van der Waals surface area contributed by atoms with Gasteiger partial charge in [-0.05, 0) is 186 Å². The van der Waals surface area contributed by atoms with Crippen LogP contribution >= 0.6 is 31.9 Å². The second-order valence-electron chi connectivity index (χ2n) is 25.3. The number of allylic oxidation sites excluding steroid dienone is 1. The highest BCUT2D eigenvalue weighted by Crippen LogP contribution is 2.44. The Balaban J connectivity index is 0.000000126. The smallest absolute Gasteiger partial charge is 0.338 e. The number of rotatable bonds is 17. The molecule has 98 heavy (non-hydrogen) atoms. The molecular weight excluding hydrogens is 1380 g/mol. The number of Topliss-reactive ketones (excluding diaryl/α,β-unsaturated/α-hetero) is 1. The largest absolute Gasteiger partial charge is 0.478 e. The number of esters is 4. The number of hydrogen-bond donors (Lipinski definition) is 1. The fourth-order valence-corrected chi connectivity index (χ4v) is 14.3. The zero-order chi connectivity index (χ0) is 68.8. The van der Waals surface area contributed by atoms with E-state index in [9.17, 15) is 33.9 Å². The highest BCUT2D eigenvalue weighted by molar-refractivity contribution is 9.11. The van der Waals surface area contributed by atoms with E-state index in [0.717, 1.165) is 178 Å². The number of aromatic carboxylic acids is 1. The molecule has 0 atom stereocenters. The van der Waals surface area contributed by atoms with Crippen molar-refractivity contribution in [1.29, 1.82) is 0 Å². The van der Waals surface area contributed by atoms with Crippen LogP contribution in [0.5, 0.6) is 0 Å². The second-order valence-corrected chi connectivity index (χ2v) is 27.2. The molecule has 5 aromatic carbocycles. The molecular formula is C76H86Br2N6O14. The first-order valence-electron chi connectivity index (χ1n) is 33.8. The van der Waals surface area contributed by atoms with Gasteiger partial charge in [0, 0.05) is 146 Å². The number of ketones is 1. The van der Waals surface area contributed by atoms with Crippen molar-refractivity contribution >= 4 is 106 Å². The van der Waals surface area contributed by atoms with E-state index in [1.807, 2.05) is 73.7 Å².